The van der Waals surface area contributed by atoms with Crippen molar-refractivity contribution in [2.24, 2.45) is 0 Å². The van der Waals surface area contributed by atoms with Crippen LogP contribution in [0.15, 0.2) is 45.9 Å². The van der Waals surface area contributed by atoms with Crippen molar-refractivity contribution in [3.63, 3.8) is 0 Å². The molecule has 0 saturated heterocycles. The van der Waals surface area contributed by atoms with E-state index < -0.39 is 0 Å². The van der Waals surface area contributed by atoms with Crippen LogP contribution in [0.3, 0.4) is 0 Å². The molecular formula is C12H10BrClN2S. The molecule has 1 aromatic heterocycles. The van der Waals surface area contributed by atoms with E-state index in [2.05, 4.69) is 20.9 Å². The molecular weight excluding hydrogens is 320 g/mol. The number of hydrogen-bond donors (Lipinski definition) is 1. The van der Waals surface area contributed by atoms with Gasteiger partial charge in [0, 0.05) is 32.0 Å². The van der Waals surface area contributed by atoms with Crippen LogP contribution in [-0.4, -0.2) is 4.98 Å². The van der Waals surface area contributed by atoms with E-state index >= 15 is 0 Å². The largest absolute Gasteiger partial charge is 0.399 e. The topological polar surface area (TPSA) is 38.9 Å². The van der Waals surface area contributed by atoms with Crippen LogP contribution in [0.5, 0.6) is 0 Å². The van der Waals surface area contributed by atoms with Crippen molar-refractivity contribution < 1.29 is 0 Å². The van der Waals surface area contributed by atoms with Crippen molar-refractivity contribution in [3.8, 4) is 0 Å². The highest BCUT2D eigenvalue weighted by Gasteiger charge is 2.03. The molecule has 2 nitrogen and oxygen atoms in total. The summed E-state index contributed by atoms with van der Waals surface area (Å²) < 4.78 is 1.00. The van der Waals surface area contributed by atoms with Gasteiger partial charge >= 0.3 is 0 Å². The smallest absolute Gasteiger partial charge is 0.0521 e. The van der Waals surface area contributed by atoms with Gasteiger partial charge in [-0.3, -0.25) is 4.98 Å². The average Bonchev–Trinajstić information content (AvgIpc) is 2.28. The molecule has 0 amide bonds. The zero-order chi connectivity index (χ0) is 12.3. The Kier molecular flexibility index (Phi) is 4.31. The Balaban J connectivity index is 2.07. The van der Waals surface area contributed by atoms with Gasteiger partial charge in [-0.2, -0.15) is 0 Å². The molecule has 0 aliphatic heterocycles. The molecule has 2 aromatic rings. The first-order valence-corrected chi connectivity index (χ1v) is 7.09. The number of nitrogen functional groups attached to an aromatic ring is 1. The number of nitrogens with two attached hydrogens (primary N) is 1. The lowest BCUT2D eigenvalue weighted by atomic mass is 10.3. The number of benzene rings is 1. The van der Waals surface area contributed by atoms with Gasteiger partial charge in [0.15, 0.2) is 0 Å². The minimum Gasteiger partial charge on any atom is -0.399 e. The molecule has 2 N–H and O–H groups in total. The van der Waals surface area contributed by atoms with Gasteiger partial charge in [0.25, 0.3) is 0 Å². The lowest BCUT2D eigenvalue weighted by Gasteiger charge is -2.05. The van der Waals surface area contributed by atoms with Crippen molar-refractivity contribution in [2.45, 2.75) is 10.6 Å². The number of halogens is 2. The van der Waals surface area contributed by atoms with Crippen LogP contribution >= 0.6 is 39.3 Å². The van der Waals surface area contributed by atoms with Gasteiger partial charge in [0.1, 0.15) is 0 Å². The van der Waals surface area contributed by atoms with Crippen molar-refractivity contribution in [2.75, 3.05) is 5.73 Å². The maximum atomic E-state index is 5.90. The minimum absolute atomic E-state index is 0.715. The molecule has 88 valence electrons. The van der Waals surface area contributed by atoms with Gasteiger partial charge in [-0.1, -0.05) is 11.6 Å². The Labute approximate surface area is 118 Å². The van der Waals surface area contributed by atoms with Crippen molar-refractivity contribution in [3.05, 3.63) is 51.7 Å². The Bertz CT molecular complexity index is 534. The average molecular weight is 330 g/mol. The molecule has 0 radical (unpaired) electrons. The molecule has 17 heavy (non-hydrogen) atoms. The Hall–Kier alpha value is -0.710. The monoisotopic (exact) mass is 328 g/mol. The minimum atomic E-state index is 0.715. The number of nitrogens with zero attached hydrogens (tertiary/aromatic N) is 1. The summed E-state index contributed by atoms with van der Waals surface area (Å²) in [6, 6.07) is 9.43. The van der Waals surface area contributed by atoms with Crippen molar-refractivity contribution in [1.29, 1.82) is 0 Å². The summed E-state index contributed by atoms with van der Waals surface area (Å²) >= 11 is 11.1. The summed E-state index contributed by atoms with van der Waals surface area (Å²) in [6.45, 7) is 0. The van der Waals surface area contributed by atoms with Gasteiger partial charge < -0.3 is 5.73 Å². The van der Waals surface area contributed by atoms with E-state index in [4.69, 9.17) is 17.3 Å². The summed E-state index contributed by atoms with van der Waals surface area (Å²) in [5.41, 5.74) is 7.40. The number of thioether (sulfide) groups is 1. The highest BCUT2D eigenvalue weighted by molar-refractivity contribution is 9.10. The van der Waals surface area contributed by atoms with E-state index in [9.17, 15) is 0 Å². The predicted molar refractivity (Wildman–Crippen MR) is 77.4 cm³/mol. The number of hydrogen-bond acceptors (Lipinski definition) is 3. The Morgan fingerprint density at radius 2 is 2.12 bits per heavy atom. The van der Waals surface area contributed by atoms with Crippen LogP contribution in [0, 0.1) is 0 Å². The summed E-state index contributed by atoms with van der Waals surface area (Å²) in [7, 11) is 0. The van der Waals surface area contributed by atoms with Gasteiger partial charge in [0.2, 0.25) is 0 Å². The Morgan fingerprint density at radius 1 is 1.29 bits per heavy atom. The van der Waals surface area contributed by atoms with Gasteiger partial charge in [-0.05, 0) is 46.3 Å². The quantitative estimate of drug-likeness (QED) is 0.671. The number of aromatic nitrogens is 1. The second kappa shape index (κ2) is 5.76. The lowest BCUT2D eigenvalue weighted by molar-refractivity contribution is 1.17. The van der Waals surface area contributed by atoms with Gasteiger partial charge in [-0.15, -0.1) is 11.8 Å². The molecule has 0 fully saturated rings. The molecule has 0 spiro atoms. The molecule has 1 heterocycles. The second-order valence-corrected chi connectivity index (χ2v) is 5.75. The number of anilines is 1. The molecule has 0 bridgehead atoms. The molecule has 0 atom stereocenters. The van der Waals surface area contributed by atoms with E-state index in [1.165, 1.54) is 0 Å². The summed E-state index contributed by atoms with van der Waals surface area (Å²) in [6.07, 6.45) is 1.72. The molecule has 0 aliphatic carbocycles. The zero-order valence-electron chi connectivity index (χ0n) is 8.86. The second-order valence-electron chi connectivity index (χ2n) is 3.44. The van der Waals surface area contributed by atoms with E-state index in [1.54, 1.807) is 24.0 Å². The highest BCUT2D eigenvalue weighted by atomic mass is 79.9. The first kappa shape index (κ1) is 12.7. The van der Waals surface area contributed by atoms with Crippen molar-refractivity contribution >= 4 is 45.0 Å². The van der Waals surface area contributed by atoms with Crippen LogP contribution in [0.2, 0.25) is 5.02 Å². The summed E-state index contributed by atoms with van der Waals surface area (Å²) in [5, 5.41) is 0.715. The number of rotatable bonds is 3. The van der Waals surface area contributed by atoms with E-state index in [0.29, 0.717) is 5.02 Å². The summed E-state index contributed by atoms with van der Waals surface area (Å²) in [5.74, 6) is 0.781. The SMILES string of the molecule is Nc1ccc(SCc2cc(Cl)ccn2)c(Br)c1. The molecule has 2 rings (SSSR count). The zero-order valence-corrected chi connectivity index (χ0v) is 12.0. The van der Waals surface area contributed by atoms with Crippen LogP contribution in [0.4, 0.5) is 5.69 Å². The highest BCUT2D eigenvalue weighted by Crippen LogP contribution is 2.31. The first-order chi connectivity index (χ1) is 8.15. The Morgan fingerprint density at radius 3 is 2.82 bits per heavy atom. The fraction of sp³-hybridized carbons (Fsp3) is 0.0833. The predicted octanol–water partition coefficient (Wildman–Crippen LogP) is 4.37. The van der Waals surface area contributed by atoms with Gasteiger partial charge in [-0.25, -0.2) is 0 Å². The van der Waals surface area contributed by atoms with E-state index in [0.717, 1.165) is 26.5 Å². The maximum absolute atomic E-state index is 5.90. The van der Waals surface area contributed by atoms with Gasteiger partial charge in [0.05, 0.1) is 5.69 Å². The molecule has 5 heteroatoms. The molecule has 0 unspecified atom stereocenters. The lowest BCUT2D eigenvalue weighted by Crippen LogP contribution is -1.88. The van der Waals surface area contributed by atoms with Crippen LogP contribution in [0.1, 0.15) is 5.69 Å². The normalized spacial score (nSPS) is 10.5. The third-order valence-corrected chi connectivity index (χ3v) is 4.37. The van der Waals surface area contributed by atoms with Crippen molar-refractivity contribution in [1.82, 2.24) is 4.98 Å². The van der Waals surface area contributed by atoms with E-state index in [-0.39, 0.29) is 0 Å². The fourth-order valence-electron chi connectivity index (χ4n) is 1.31. The van der Waals surface area contributed by atoms with Crippen LogP contribution < -0.4 is 5.73 Å². The van der Waals surface area contributed by atoms with Crippen LogP contribution in [0.25, 0.3) is 0 Å². The maximum Gasteiger partial charge on any atom is 0.0521 e. The standard InChI is InChI=1S/C12H10BrClN2S/c13-11-6-9(15)1-2-12(11)17-7-10-5-8(14)3-4-16-10/h1-6H,7,15H2. The molecule has 0 aliphatic rings. The molecule has 1 aromatic carbocycles. The molecule has 0 saturated carbocycles. The third-order valence-electron chi connectivity index (χ3n) is 2.11. The number of pyridine rings is 1. The van der Waals surface area contributed by atoms with E-state index in [1.807, 2.05) is 24.3 Å². The summed E-state index contributed by atoms with van der Waals surface area (Å²) in [4.78, 5) is 5.40. The van der Waals surface area contributed by atoms with Crippen LogP contribution in [-0.2, 0) is 5.75 Å². The first-order valence-electron chi connectivity index (χ1n) is 4.93. The third kappa shape index (κ3) is 3.63. The fourth-order valence-corrected chi connectivity index (χ4v) is 3.06.